The standard InChI is InChI=1S/C18H40O4Si/c1-18(2,3)23(5,6)22-14-12-10-8-7-9-11-13-20-17-21-16-15-19-4/h7-17H2,1-6H3. The van der Waals surface area contributed by atoms with Crippen LogP contribution in [0.1, 0.15) is 59.3 Å². The van der Waals surface area contributed by atoms with Crippen molar-refractivity contribution in [3.8, 4) is 0 Å². The highest BCUT2D eigenvalue weighted by Gasteiger charge is 2.36. The minimum absolute atomic E-state index is 0.320. The lowest BCUT2D eigenvalue weighted by atomic mass is 10.1. The van der Waals surface area contributed by atoms with Crippen molar-refractivity contribution in [1.29, 1.82) is 0 Å². The molecule has 5 heteroatoms. The van der Waals surface area contributed by atoms with Crippen LogP contribution in [0, 0.1) is 0 Å². The smallest absolute Gasteiger partial charge is 0.191 e. The lowest BCUT2D eigenvalue weighted by Gasteiger charge is -2.36. The van der Waals surface area contributed by atoms with Crippen molar-refractivity contribution >= 4 is 8.32 Å². The highest BCUT2D eigenvalue weighted by molar-refractivity contribution is 6.74. The fraction of sp³-hybridized carbons (Fsp3) is 1.00. The largest absolute Gasteiger partial charge is 0.417 e. The Morgan fingerprint density at radius 2 is 1.22 bits per heavy atom. The van der Waals surface area contributed by atoms with E-state index in [0.717, 1.165) is 19.6 Å². The van der Waals surface area contributed by atoms with Gasteiger partial charge in [-0.05, 0) is 31.0 Å². The summed E-state index contributed by atoms with van der Waals surface area (Å²) in [5, 5.41) is 0.320. The predicted molar refractivity (Wildman–Crippen MR) is 99.5 cm³/mol. The van der Waals surface area contributed by atoms with Crippen LogP contribution >= 0.6 is 0 Å². The number of methoxy groups -OCH3 is 1. The summed E-state index contributed by atoms with van der Waals surface area (Å²) in [6.45, 7) is 14.9. The Balaban J connectivity index is 3.25. The molecule has 0 heterocycles. The zero-order chi connectivity index (χ0) is 17.6. The van der Waals surface area contributed by atoms with Gasteiger partial charge in [-0.15, -0.1) is 0 Å². The van der Waals surface area contributed by atoms with Crippen LogP contribution in [-0.4, -0.2) is 48.6 Å². The summed E-state index contributed by atoms with van der Waals surface area (Å²) in [6, 6.07) is 0. The Morgan fingerprint density at radius 1 is 0.696 bits per heavy atom. The molecule has 0 fully saturated rings. The number of unbranched alkanes of at least 4 members (excludes halogenated alkanes) is 5. The second-order valence-electron chi connectivity index (χ2n) is 7.66. The van der Waals surface area contributed by atoms with Gasteiger partial charge < -0.3 is 18.6 Å². The fourth-order valence-corrected chi connectivity index (χ4v) is 2.96. The van der Waals surface area contributed by atoms with Gasteiger partial charge in [0.05, 0.1) is 13.2 Å². The Kier molecular flexibility index (Phi) is 13.4. The minimum Gasteiger partial charge on any atom is -0.417 e. The van der Waals surface area contributed by atoms with Crippen LogP contribution in [0.15, 0.2) is 0 Å². The van der Waals surface area contributed by atoms with E-state index in [1.54, 1.807) is 7.11 Å². The second-order valence-corrected chi connectivity index (χ2v) is 12.5. The molecule has 0 amide bonds. The van der Waals surface area contributed by atoms with Crippen molar-refractivity contribution in [2.45, 2.75) is 77.4 Å². The molecule has 0 N–H and O–H groups in total. The van der Waals surface area contributed by atoms with Gasteiger partial charge in [0.2, 0.25) is 0 Å². The van der Waals surface area contributed by atoms with E-state index in [4.69, 9.17) is 18.6 Å². The van der Waals surface area contributed by atoms with Gasteiger partial charge in [-0.3, -0.25) is 0 Å². The molecule has 0 aromatic carbocycles. The molecule has 0 aromatic heterocycles. The SMILES string of the molecule is COCCOCOCCCCCCCCO[Si](C)(C)C(C)(C)C. The van der Waals surface area contributed by atoms with Crippen LogP contribution < -0.4 is 0 Å². The fourth-order valence-electron chi connectivity index (χ4n) is 1.88. The van der Waals surface area contributed by atoms with Crippen molar-refractivity contribution in [1.82, 2.24) is 0 Å². The summed E-state index contributed by atoms with van der Waals surface area (Å²) in [7, 11) is 0.127. The van der Waals surface area contributed by atoms with Gasteiger partial charge in [0.25, 0.3) is 0 Å². The average molecular weight is 349 g/mol. The van der Waals surface area contributed by atoms with Gasteiger partial charge >= 0.3 is 0 Å². The zero-order valence-electron chi connectivity index (χ0n) is 16.4. The van der Waals surface area contributed by atoms with Gasteiger partial charge in [-0.2, -0.15) is 0 Å². The van der Waals surface area contributed by atoms with Gasteiger partial charge in [0.15, 0.2) is 8.32 Å². The van der Waals surface area contributed by atoms with E-state index in [1.807, 2.05) is 0 Å². The molecule has 0 saturated heterocycles. The maximum absolute atomic E-state index is 6.19. The van der Waals surface area contributed by atoms with Gasteiger partial charge in [0, 0.05) is 20.3 Å². The van der Waals surface area contributed by atoms with E-state index >= 15 is 0 Å². The third-order valence-corrected chi connectivity index (χ3v) is 9.09. The average Bonchev–Trinajstić information content (AvgIpc) is 2.46. The molecule has 0 spiro atoms. The second kappa shape index (κ2) is 13.4. The van der Waals surface area contributed by atoms with Crippen LogP contribution in [-0.2, 0) is 18.6 Å². The Bertz CT molecular complexity index is 264. The number of hydrogen-bond acceptors (Lipinski definition) is 4. The molecule has 0 atom stereocenters. The van der Waals surface area contributed by atoms with Crippen LogP contribution in [0.3, 0.4) is 0 Å². The summed E-state index contributed by atoms with van der Waals surface area (Å²) in [5.41, 5.74) is 0. The minimum atomic E-state index is -1.54. The zero-order valence-corrected chi connectivity index (χ0v) is 17.4. The molecule has 0 aliphatic rings. The number of hydrogen-bond donors (Lipinski definition) is 0. The van der Waals surface area contributed by atoms with Gasteiger partial charge in [-0.1, -0.05) is 46.5 Å². The number of rotatable bonds is 15. The molecule has 4 nitrogen and oxygen atoms in total. The molecule has 0 radical (unpaired) electrons. The van der Waals surface area contributed by atoms with Crippen LogP contribution in [0.2, 0.25) is 18.1 Å². The Labute approximate surface area is 145 Å². The lowest BCUT2D eigenvalue weighted by molar-refractivity contribution is -0.0664. The first-order valence-corrected chi connectivity index (χ1v) is 12.0. The van der Waals surface area contributed by atoms with Gasteiger partial charge in [-0.25, -0.2) is 0 Å². The Hall–Kier alpha value is 0.0569. The number of ether oxygens (including phenoxy) is 3. The predicted octanol–water partition coefficient (Wildman–Crippen LogP) is 4.99. The third kappa shape index (κ3) is 13.1. The molecule has 0 aliphatic heterocycles. The first-order valence-electron chi connectivity index (χ1n) is 9.09. The summed E-state index contributed by atoms with van der Waals surface area (Å²) >= 11 is 0. The molecule has 0 aliphatic carbocycles. The molecule has 0 saturated carbocycles. The van der Waals surface area contributed by atoms with Crippen molar-refractivity contribution in [3.05, 3.63) is 0 Å². The summed E-state index contributed by atoms with van der Waals surface area (Å²) < 4.78 is 21.7. The van der Waals surface area contributed by atoms with Crippen molar-refractivity contribution in [2.24, 2.45) is 0 Å². The quantitative estimate of drug-likeness (QED) is 0.237. The molecular formula is C18H40O4Si. The Morgan fingerprint density at radius 3 is 1.78 bits per heavy atom. The van der Waals surface area contributed by atoms with Crippen LogP contribution in [0.5, 0.6) is 0 Å². The van der Waals surface area contributed by atoms with E-state index in [1.165, 1.54) is 32.1 Å². The van der Waals surface area contributed by atoms with Crippen molar-refractivity contribution in [2.75, 3.05) is 40.3 Å². The first kappa shape index (κ1) is 23.1. The third-order valence-electron chi connectivity index (χ3n) is 4.55. The molecule has 0 unspecified atom stereocenters. The summed E-state index contributed by atoms with van der Waals surface area (Å²) in [5.74, 6) is 0. The van der Waals surface area contributed by atoms with Crippen molar-refractivity contribution in [3.63, 3.8) is 0 Å². The van der Waals surface area contributed by atoms with Crippen LogP contribution in [0.4, 0.5) is 0 Å². The maximum Gasteiger partial charge on any atom is 0.191 e. The highest BCUT2D eigenvalue weighted by Crippen LogP contribution is 2.36. The topological polar surface area (TPSA) is 36.9 Å². The van der Waals surface area contributed by atoms with E-state index in [0.29, 0.717) is 25.0 Å². The van der Waals surface area contributed by atoms with E-state index < -0.39 is 8.32 Å². The highest BCUT2D eigenvalue weighted by atomic mass is 28.4. The monoisotopic (exact) mass is 348 g/mol. The van der Waals surface area contributed by atoms with Gasteiger partial charge in [0.1, 0.15) is 6.79 Å². The lowest BCUT2D eigenvalue weighted by Crippen LogP contribution is -2.40. The van der Waals surface area contributed by atoms with E-state index in [-0.39, 0.29) is 0 Å². The maximum atomic E-state index is 6.19. The molecule has 23 heavy (non-hydrogen) atoms. The van der Waals surface area contributed by atoms with Crippen LogP contribution in [0.25, 0.3) is 0 Å². The summed E-state index contributed by atoms with van der Waals surface area (Å²) in [6.07, 6.45) is 7.40. The molecule has 0 aromatic rings. The molecule has 0 bridgehead atoms. The van der Waals surface area contributed by atoms with Crippen molar-refractivity contribution < 1.29 is 18.6 Å². The molecular weight excluding hydrogens is 308 g/mol. The van der Waals surface area contributed by atoms with E-state index in [9.17, 15) is 0 Å². The van der Waals surface area contributed by atoms with E-state index in [2.05, 4.69) is 33.9 Å². The normalized spacial score (nSPS) is 12.8. The summed E-state index contributed by atoms with van der Waals surface area (Å²) in [4.78, 5) is 0. The molecule has 0 rings (SSSR count). The first-order chi connectivity index (χ1) is 10.8. The molecule has 140 valence electrons.